The summed E-state index contributed by atoms with van der Waals surface area (Å²) in [6.07, 6.45) is 6.85. The number of rotatable bonds is 5. The lowest BCUT2D eigenvalue weighted by Gasteiger charge is -2.38. The van der Waals surface area contributed by atoms with Gasteiger partial charge in [0.1, 0.15) is 5.60 Å². The summed E-state index contributed by atoms with van der Waals surface area (Å²) in [5.74, 6) is 0.0560. The fourth-order valence-corrected chi connectivity index (χ4v) is 4.24. The Bertz CT molecular complexity index is 1060. The van der Waals surface area contributed by atoms with E-state index in [0.29, 0.717) is 32.4 Å². The van der Waals surface area contributed by atoms with Crippen LogP contribution in [0.5, 0.6) is 0 Å². The summed E-state index contributed by atoms with van der Waals surface area (Å²) in [7, 11) is 0. The van der Waals surface area contributed by atoms with Crippen molar-refractivity contribution in [2.45, 2.75) is 70.6 Å². The molecule has 0 spiro atoms. The van der Waals surface area contributed by atoms with E-state index in [1.54, 1.807) is 17.3 Å². The molecule has 8 nitrogen and oxygen atoms in total. The van der Waals surface area contributed by atoms with Crippen molar-refractivity contribution < 1.29 is 14.3 Å². The van der Waals surface area contributed by atoms with Crippen LogP contribution in [0.25, 0.3) is 11.1 Å². The fourth-order valence-electron chi connectivity index (χ4n) is 4.24. The molecule has 1 aromatic heterocycles. The zero-order valence-corrected chi connectivity index (χ0v) is 20.0. The van der Waals surface area contributed by atoms with Crippen molar-refractivity contribution in [1.82, 2.24) is 19.8 Å². The van der Waals surface area contributed by atoms with Gasteiger partial charge in [-0.25, -0.2) is 14.8 Å². The maximum absolute atomic E-state index is 13.4. The summed E-state index contributed by atoms with van der Waals surface area (Å²) in [6, 6.07) is 10.1. The van der Waals surface area contributed by atoms with Gasteiger partial charge >= 0.3 is 6.09 Å². The number of amides is 2. The molecule has 178 valence electrons. The monoisotopic (exact) mass is 461 g/mol. The lowest BCUT2D eigenvalue weighted by molar-refractivity contribution is 0.0141. The van der Waals surface area contributed by atoms with Gasteiger partial charge in [-0.1, -0.05) is 24.3 Å². The van der Waals surface area contributed by atoms with Crippen LogP contribution in [0.15, 0.2) is 36.7 Å². The van der Waals surface area contributed by atoms with Crippen molar-refractivity contribution in [2.24, 2.45) is 0 Å². The minimum Gasteiger partial charge on any atom is -0.444 e. The number of nitriles is 1. The minimum atomic E-state index is -0.522. The highest BCUT2D eigenvalue weighted by molar-refractivity contribution is 5.91. The molecule has 1 aromatic carbocycles. The Labute approximate surface area is 200 Å². The third-order valence-electron chi connectivity index (χ3n) is 6.10. The average molecular weight is 462 g/mol. The maximum Gasteiger partial charge on any atom is 0.410 e. The Balaban J connectivity index is 1.41. The van der Waals surface area contributed by atoms with Gasteiger partial charge < -0.3 is 14.5 Å². The van der Waals surface area contributed by atoms with Gasteiger partial charge in [0, 0.05) is 43.1 Å². The van der Waals surface area contributed by atoms with Crippen molar-refractivity contribution in [1.29, 1.82) is 5.26 Å². The molecule has 4 rings (SSSR count). The van der Waals surface area contributed by atoms with E-state index in [1.807, 2.05) is 49.9 Å². The maximum atomic E-state index is 13.4. The van der Waals surface area contributed by atoms with Crippen LogP contribution >= 0.6 is 0 Å². The van der Waals surface area contributed by atoms with Crippen LogP contribution in [0.4, 0.5) is 4.79 Å². The summed E-state index contributed by atoms with van der Waals surface area (Å²) in [4.78, 5) is 38.2. The van der Waals surface area contributed by atoms with Crippen LogP contribution in [0.1, 0.15) is 62.6 Å². The van der Waals surface area contributed by atoms with E-state index < -0.39 is 5.60 Å². The fraction of sp³-hybridized carbons (Fsp3) is 0.500. The number of hydrogen-bond acceptors (Lipinski definition) is 6. The van der Waals surface area contributed by atoms with Crippen molar-refractivity contribution in [3.63, 3.8) is 0 Å². The molecule has 1 aliphatic heterocycles. The largest absolute Gasteiger partial charge is 0.444 e. The minimum absolute atomic E-state index is 0.0645. The lowest BCUT2D eigenvalue weighted by atomic mass is 10.0. The molecular formula is C26H31N5O3. The molecule has 1 saturated heterocycles. The van der Waals surface area contributed by atoms with Gasteiger partial charge in [0.25, 0.3) is 5.91 Å². The predicted molar refractivity (Wildman–Crippen MR) is 127 cm³/mol. The van der Waals surface area contributed by atoms with E-state index >= 15 is 0 Å². The summed E-state index contributed by atoms with van der Waals surface area (Å²) < 4.78 is 5.49. The molecule has 0 N–H and O–H groups in total. The average Bonchev–Trinajstić information content (AvgIpc) is 3.64. The van der Waals surface area contributed by atoms with Crippen LogP contribution in [0, 0.1) is 11.3 Å². The van der Waals surface area contributed by atoms with Gasteiger partial charge in [-0.05, 0) is 57.6 Å². The zero-order valence-electron chi connectivity index (χ0n) is 20.0. The summed E-state index contributed by atoms with van der Waals surface area (Å²) in [5.41, 5.74) is 2.20. The third kappa shape index (κ3) is 5.71. The van der Waals surface area contributed by atoms with E-state index in [0.717, 1.165) is 29.5 Å². The van der Waals surface area contributed by atoms with Gasteiger partial charge in [0.15, 0.2) is 0 Å². The molecule has 0 radical (unpaired) electrons. The van der Waals surface area contributed by atoms with Crippen LogP contribution in [-0.4, -0.2) is 62.5 Å². The topological polar surface area (TPSA) is 99.4 Å². The SMILES string of the molecule is CC(C)(C)OC(=O)N1CCC(N(C(=O)c2ncc(-c3ccc(CC#N)cc3)cn2)C2CC2)CC1. The molecule has 34 heavy (non-hydrogen) atoms. The Hall–Kier alpha value is -3.47. The molecule has 1 aliphatic carbocycles. The first-order valence-corrected chi connectivity index (χ1v) is 11.8. The first-order valence-electron chi connectivity index (χ1n) is 11.8. The highest BCUT2D eigenvalue weighted by Gasteiger charge is 2.40. The summed E-state index contributed by atoms with van der Waals surface area (Å²) in [5, 5.41) is 8.82. The molecule has 1 saturated carbocycles. The van der Waals surface area contributed by atoms with Gasteiger partial charge in [-0.3, -0.25) is 4.79 Å². The van der Waals surface area contributed by atoms with Crippen LogP contribution in [-0.2, 0) is 11.2 Å². The standard InChI is InChI=1S/C26H31N5O3/c1-26(2,3)34-25(33)30-14-11-22(12-15-30)31(21-8-9-21)24(32)23-28-16-20(17-29-23)19-6-4-18(5-7-19)10-13-27/h4-7,16-17,21-22H,8-12,14-15H2,1-3H3. The molecular weight excluding hydrogens is 430 g/mol. The zero-order chi connectivity index (χ0) is 24.3. The second kappa shape index (κ2) is 9.80. The van der Waals surface area contributed by atoms with E-state index in [-0.39, 0.29) is 29.9 Å². The van der Waals surface area contributed by atoms with Crippen LogP contribution < -0.4 is 0 Å². The van der Waals surface area contributed by atoms with E-state index in [2.05, 4.69) is 16.0 Å². The number of hydrogen-bond donors (Lipinski definition) is 0. The molecule has 2 fully saturated rings. The predicted octanol–water partition coefficient (Wildman–Crippen LogP) is 4.21. The number of carbonyl (C=O) groups is 2. The number of likely N-dealkylation sites (tertiary alicyclic amines) is 1. The van der Waals surface area contributed by atoms with Gasteiger partial charge in [0.2, 0.25) is 5.82 Å². The number of aromatic nitrogens is 2. The molecule has 0 unspecified atom stereocenters. The second-order valence-corrected chi connectivity index (χ2v) is 9.97. The number of nitrogens with zero attached hydrogens (tertiary/aromatic N) is 5. The van der Waals surface area contributed by atoms with Crippen LogP contribution in [0.3, 0.4) is 0 Å². The molecule has 2 aromatic rings. The van der Waals surface area contributed by atoms with Gasteiger partial charge in [-0.2, -0.15) is 5.26 Å². The number of benzene rings is 1. The lowest BCUT2D eigenvalue weighted by Crippen LogP contribution is -2.50. The van der Waals surface area contributed by atoms with Crippen molar-refractivity contribution in [2.75, 3.05) is 13.1 Å². The molecule has 0 bridgehead atoms. The second-order valence-electron chi connectivity index (χ2n) is 9.97. The Morgan fingerprint density at radius 1 is 1.03 bits per heavy atom. The first-order chi connectivity index (χ1) is 16.2. The Morgan fingerprint density at radius 3 is 2.15 bits per heavy atom. The normalized spacial score (nSPS) is 16.6. The number of ether oxygens (including phenoxy) is 1. The van der Waals surface area contributed by atoms with E-state index in [1.165, 1.54) is 0 Å². The molecule has 2 aliphatic rings. The molecule has 8 heteroatoms. The third-order valence-corrected chi connectivity index (χ3v) is 6.10. The first kappa shape index (κ1) is 23.7. The highest BCUT2D eigenvalue weighted by Crippen LogP contribution is 2.33. The van der Waals surface area contributed by atoms with E-state index in [9.17, 15) is 9.59 Å². The summed E-state index contributed by atoms with van der Waals surface area (Å²) in [6.45, 7) is 6.72. The Morgan fingerprint density at radius 2 is 1.62 bits per heavy atom. The molecule has 0 atom stereocenters. The quantitative estimate of drug-likeness (QED) is 0.661. The van der Waals surface area contributed by atoms with Gasteiger partial charge in [0.05, 0.1) is 12.5 Å². The Kier molecular flexibility index (Phi) is 6.82. The van der Waals surface area contributed by atoms with Gasteiger partial charge in [-0.15, -0.1) is 0 Å². The van der Waals surface area contributed by atoms with Crippen LogP contribution in [0.2, 0.25) is 0 Å². The van der Waals surface area contributed by atoms with E-state index in [4.69, 9.17) is 10.00 Å². The molecule has 2 amide bonds. The highest BCUT2D eigenvalue weighted by atomic mass is 16.6. The summed E-state index contributed by atoms with van der Waals surface area (Å²) >= 11 is 0. The van der Waals surface area contributed by atoms with Crippen molar-refractivity contribution in [3.05, 3.63) is 48.0 Å². The van der Waals surface area contributed by atoms with Crippen molar-refractivity contribution in [3.8, 4) is 17.2 Å². The number of carbonyl (C=O) groups excluding carboxylic acids is 2. The smallest absolute Gasteiger partial charge is 0.410 e. The van der Waals surface area contributed by atoms with Crippen molar-refractivity contribution >= 4 is 12.0 Å². The molecule has 2 heterocycles. The number of piperidine rings is 1.